The van der Waals surface area contributed by atoms with E-state index in [1.54, 1.807) is 0 Å². The summed E-state index contributed by atoms with van der Waals surface area (Å²) in [5, 5.41) is 3.15. The molecule has 1 atom stereocenters. The molecule has 0 aliphatic carbocycles. The van der Waals surface area contributed by atoms with Crippen LogP contribution in [0, 0.1) is 5.92 Å². The van der Waals surface area contributed by atoms with E-state index in [2.05, 4.69) is 34.3 Å². The van der Waals surface area contributed by atoms with Gasteiger partial charge in [-0.25, -0.2) is 0 Å². The summed E-state index contributed by atoms with van der Waals surface area (Å²) in [6, 6.07) is 4.36. The molecule has 1 aliphatic heterocycles. The Bertz CT molecular complexity index is 361. The van der Waals surface area contributed by atoms with Gasteiger partial charge in [0.25, 0.3) is 0 Å². The van der Waals surface area contributed by atoms with Gasteiger partial charge in [-0.15, -0.1) is 0 Å². The van der Waals surface area contributed by atoms with Crippen molar-refractivity contribution in [2.24, 2.45) is 5.92 Å². The molecule has 2 heterocycles. The van der Waals surface area contributed by atoms with E-state index in [0.29, 0.717) is 0 Å². The lowest BCUT2D eigenvalue weighted by atomic mass is 9.98. The highest BCUT2D eigenvalue weighted by molar-refractivity contribution is 5.13. The Labute approximate surface area is 117 Å². The maximum absolute atomic E-state index is 4.58. The van der Waals surface area contributed by atoms with Gasteiger partial charge in [0.1, 0.15) is 0 Å². The summed E-state index contributed by atoms with van der Waals surface area (Å²) in [4.78, 5) is 7.14. The van der Waals surface area contributed by atoms with Crippen LogP contribution in [0.4, 0.5) is 0 Å². The molecule has 19 heavy (non-hydrogen) atoms. The molecule has 3 nitrogen and oxygen atoms in total. The van der Waals surface area contributed by atoms with Crippen LogP contribution >= 0.6 is 0 Å². The number of aromatic nitrogens is 1. The molecule has 0 aromatic carbocycles. The fourth-order valence-corrected chi connectivity index (χ4v) is 2.88. The van der Waals surface area contributed by atoms with Crippen molar-refractivity contribution in [2.45, 2.75) is 45.7 Å². The van der Waals surface area contributed by atoms with Gasteiger partial charge >= 0.3 is 0 Å². The zero-order valence-corrected chi connectivity index (χ0v) is 12.4. The molecule has 1 fully saturated rings. The molecule has 0 saturated carbocycles. The quantitative estimate of drug-likeness (QED) is 0.883. The third-order valence-electron chi connectivity index (χ3n) is 4.17. The number of hydrogen-bond donors (Lipinski definition) is 1. The fourth-order valence-electron chi connectivity index (χ4n) is 2.88. The van der Waals surface area contributed by atoms with Crippen molar-refractivity contribution >= 4 is 0 Å². The first-order chi connectivity index (χ1) is 9.31. The van der Waals surface area contributed by atoms with Gasteiger partial charge < -0.3 is 5.32 Å². The fraction of sp³-hybridized carbons (Fsp3) is 0.688. The molecule has 1 aliphatic rings. The summed E-state index contributed by atoms with van der Waals surface area (Å²) in [6.45, 7) is 6.70. The molecule has 2 rings (SSSR count). The lowest BCUT2D eigenvalue weighted by molar-refractivity contribution is 0.269. The number of nitrogens with zero attached hydrogens (tertiary/aromatic N) is 2. The number of likely N-dealkylation sites (tertiary alicyclic amines) is 1. The van der Waals surface area contributed by atoms with E-state index >= 15 is 0 Å². The molecule has 1 aromatic heterocycles. The maximum atomic E-state index is 4.58. The minimum Gasteiger partial charge on any atom is -0.316 e. The Hall–Kier alpha value is -0.930. The lowest BCUT2D eigenvalue weighted by Gasteiger charge is -2.19. The van der Waals surface area contributed by atoms with E-state index in [1.165, 1.54) is 50.0 Å². The van der Waals surface area contributed by atoms with Crippen LogP contribution in [-0.4, -0.2) is 30.0 Å². The summed E-state index contributed by atoms with van der Waals surface area (Å²) in [6.07, 6.45) is 7.44. The molecule has 0 bridgehead atoms. The van der Waals surface area contributed by atoms with E-state index in [9.17, 15) is 0 Å². The largest absolute Gasteiger partial charge is 0.316 e. The second-order valence-corrected chi connectivity index (χ2v) is 5.67. The highest BCUT2D eigenvalue weighted by Gasteiger charge is 2.15. The lowest BCUT2D eigenvalue weighted by Crippen LogP contribution is -2.24. The molecule has 1 aromatic rings. The summed E-state index contributed by atoms with van der Waals surface area (Å²) in [7, 11) is 1.97. The predicted molar refractivity (Wildman–Crippen MR) is 79.9 cm³/mol. The minimum absolute atomic E-state index is 0.898. The molecule has 0 radical (unpaired) electrons. The van der Waals surface area contributed by atoms with Crippen molar-refractivity contribution in [1.82, 2.24) is 15.2 Å². The average Bonchev–Trinajstić information content (AvgIpc) is 2.66. The van der Waals surface area contributed by atoms with Crippen molar-refractivity contribution in [3.8, 4) is 0 Å². The first-order valence-corrected chi connectivity index (χ1v) is 7.62. The second-order valence-electron chi connectivity index (χ2n) is 5.67. The normalized spacial score (nSPS) is 21.3. The van der Waals surface area contributed by atoms with Crippen LogP contribution in [0.25, 0.3) is 0 Å². The Balaban J connectivity index is 1.86. The van der Waals surface area contributed by atoms with Gasteiger partial charge in [-0.2, -0.15) is 0 Å². The van der Waals surface area contributed by atoms with E-state index in [4.69, 9.17) is 0 Å². The molecule has 1 unspecified atom stereocenters. The Kier molecular flexibility index (Phi) is 5.80. The predicted octanol–water partition coefficient (Wildman–Crippen LogP) is 2.81. The van der Waals surface area contributed by atoms with Gasteiger partial charge in [0.2, 0.25) is 0 Å². The highest BCUT2D eigenvalue weighted by atomic mass is 15.1. The summed E-state index contributed by atoms with van der Waals surface area (Å²) in [5.74, 6) is 0.941. The maximum Gasteiger partial charge on any atom is 0.0544 e. The van der Waals surface area contributed by atoms with Gasteiger partial charge in [-0.05, 0) is 56.9 Å². The van der Waals surface area contributed by atoms with Crippen LogP contribution in [0.3, 0.4) is 0 Å². The molecule has 1 N–H and O–H groups in total. The Morgan fingerprint density at radius 3 is 2.89 bits per heavy atom. The number of pyridine rings is 1. The van der Waals surface area contributed by atoms with Gasteiger partial charge in [0.15, 0.2) is 0 Å². The van der Waals surface area contributed by atoms with E-state index in [-0.39, 0.29) is 0 Å². The van der Waals surface area contributed by atoms with Crippen LogP contribution in [0.15, 0.2) is 18.3 Å². The molecule has 1 saturated heterocycles. The summed E-state index contributed by atoms with van der Waals surface area (Å²) >= 11 is 0. The van der Waals surface area contributed by atoms with Crippen molar-refractivity contribution in [2.75, 3.05) is 20.1 Å². The third-order valence-corrected chi connectivity index (χ3v) is 4.17. The number of nitrogens with one attached hydrogen (secondary N) is 1. The smallest absolute Gasteiger partial charge is 0.0544 e. The minimum atomic E-state index is 0.898. The van der Waals surface area contributed by atoms with Crippen molar-refractivity contribution < 1.29 is 0 Å². The van der Waals surface area contributed by atoms with Crippen LogP contribution in [0.2, 0.25) is 0 Å². The average molecular weight is 261 g/mol. The first kappa shape index (κ1) is 14.5. The zero-order chi connectivity index (χ0) is 13.5. The monoisotopic (exact) mass is 261 g/mol. The number of hydrogen-bond acceptors (Lipinski definition) is 3. The SMILES string of the molecule is CCC1CCCN(Cc2ccc(CNC)cn2)CC1. The molecule has 106 valence electrons. The van der Waals surface area contributed by atoms with Crippen LogP contribution < -0.4 is 5.32 Å². The van der Waals surface area contributed by atoms with Crippen molar-refractivity contribution in [1.29, 1.82) is 0 Å². The van der Waals surface area contributed by atoms with Gasteiger partial charge in [-0.1, -0.05) is 19.4 Å². The molecule has 3 heteroatoms. The summed E-state index contributed by atoms with van der Waals surface area (Å²) in [5.41, 5.74) is 2.46. The van der Waals surface area contributed by atoms with Crippen molar-refractivity contribution in [3.63, 3.8) is 0 Å². The Morgan fingerprint density at radius 2 is 2.21 bits per heavy atom. The van der Waals surface area contributed by atoms with Crippen LogP contribution in [-0.2, 0) is 13.1 Å². The van der Waals surface area contributed by atoms with Gasteiger partial charge in [0, 0.05) is 19.3 Å². The van der Waals surface area contributed by atoms with Gasteiger partial charge in [0.05, 0.1) is 5.69 Å². The zero-order valence-electron chi connectivity index (χ0n) is 12.4. The number of rotatable bonds is 5. The summed E-state index contributed by atoms with van der Waals surface area (Å²) < 4.78 is 0. The molecule has 0 spiro atoms. The van der Waals surface area contributed by atoms with Gasteiger partial charge in [-0.3, -0.25) is 9.88 Å². The van der Waals surface area contributed by atoms with Crippen LogP contribution in [0.1, 0.15) is 43.9 Å². The standard InChI is InChI=1S/C16H27N3/c1-3-14-5-4-9-19(10-8-14)13-16-7-6-15(11-17-2)12-18-16/h6-7,12,14,17H,3-5,8-11,13H2,1-2H3. The van der Waals surface area contributed by atoms with Crippen LogP contribution in [0.5, 0.6) is 0 Å². The second kappa shape index (κ2) is 7.61. The Morgan fingerprint density at radius 1 is 1.32 bits per heavy atom. The molecular formula is C16H27N3. The third kappa shape index (κ3) is 4.59. The van der Waals surface area contributed by atoms with Crippen molar-refractivity contribution in [3.05, 3.63) is 29.6 Å². The molecular weight excluding hydrogens is 234 g/mol. The van der Waals surface area contributed by atoms with E-state index in [1.807, 2.05) is 13.2 Å². The first-order valence-electron chi connectivity index (χ1n) is 7.62. The topological polar surface area (TPSA) is 28.2 Å². The highest BCUT2D eigenvalue weighted by Crippen LogP contribution is 2.21. The van der Waals surface area contributed by atoms with E-state index in [0.717, 1.165) is 19.0 Å². The van der Waals surface area contributed by atoms with E-state index < -0.39 is 0 Å². The molecule has 0 amide bonds.